The summed E-state index contributed by atoms with van der Waals surface area (Å²) < 4.78 is 24.7. The summed E-state index contributed by atoms with van der Waals surface area (Å²) in [6.45, 7) is 7.50. The summed E-state index contributed by atoms with van der Waals surface area (Å²) in [6, 6.07) is 1.86. The van der Waals surface area contributed by atoms with E-state index in [1.54, 1.807) is 31.6 Å². The van der Waals surface area contributed by atoms with Crippen LogP contribution in [0.3, 0.4) is 0 Å². The minimum atomic E-state index is -3.05. The fourth-order valence-electron chi connectivity index (χ4n) is 1.15. The molecule has 4 nitrogen and oxygen atoms in total. The molecular formula is C10H18N2O2S. The summed E-state index contributed by atoms with van der Waals surface area (Å²) in [5, 5.41) is 4.05. The smallest absolute Gasteiger partial charge is 0.157 e. The lowest BCUT2D eigenvalue weighted by Crippen LogP contribution is -2.32. The number of aromatic nitrogens is 2. The lowest BCUT2D eigenvalue weighted by Gasteiger charge is -2.19. The minimum Gasteiger partial charge on any atom is -0.269 e. The van der Waals surface area contributed by atoms with Crippen LogP contribution in [-0.4, -0.2) is 28.7 Å². The highest BCUT2D eigenvalue weighted by Gasteiger charge is 2.28. The minimum absolute atomic E-state index is 0.138. The second-order valence-corrected chi connectivity index (χ2v) is 7.49. The highest BCUT2D eigenvalue weighted by atomic mass is 32.2. The Balaban J connectivity index is 2.71. The zero-order valence-corrected chi connectivity index (χ0v) is 10.5. The molecule has 0 unspecified atom stereocenters. The largest absolute Gasteiger partial charge is 0.269 e. The molecule has 0 aliphatic carbocycles. The number of hydrogen-bond donors (Lipinski definition) is 0. The van der Waals surface area contributed by atoms with Crippen LogP contribution in [0, 0.1) is 6.92 Å². The maximum atomic E-state index is 11.8. The van der Waals surface area contributed by atoms with E-state index in [9.17, 15) is 8.42 Å². The molecule has 1 aromatic rings. The van der Waals surface area contributed by atoms with Crippen LogP contribution in [0.4, 0.5) is 0 Å². The lowest BCUT2D eigenvalue weighted by atomic mass is 10.3. The Hall–Kier alpha value is -0.840. The summed E-state index contributed by atoms with van der Waals surface area (Å²) in [5.41, 5.74) is 0.985. The van der Waals surface area contributed by atoms with Crippen molar-refractivity contribution in [2.45, 2.75) is 39.0 Å². The van der Waals surface area contributed by atoms with Crippen molar-refractivity contribution in [3.05, 3.63) is 18.0 Å². The second-order valence-electron chi connectivity index (χ2n) is 4.63. The van der Waals surface area contributed by atoms with Gasteiger partial charge in [0.15, 0.2) is 9.84 Å². The Labute approximate surface area is 91.2 Å². The van der Waals surface area contributed by atoms with E-state index in [1.165, 1.54) is 0 Å². The number of rotatable bonds is 3. The normalized spacial score (nSPS) is 13.1. The molecule has 0 saturated heterocycles. The van der Waals surface area contributed by atoms with E-state index in [4.69, 9.17) is 0 Å². The van der Waals surface area contributed by atoms with Crippen LogP contribution >= 0.6 is 0 Å². The van der Waals surface area contributed by atoms with Gasteiger partial charge in [-0.3, -0.25) is 4.68 Å². The Bertz CT molecular complexity index is 427. The van der Waals surface area contributed by atoms with Crippen molar-refractivity contribution in [1.29, 1.82) is 0 Å². The van der Waals surface area contributed by atoms with Crippen molar-refractivity contribution in [1.82, 2.24) is 9.78 Å². The van der Waals surface area contributed by atoms with Gasteiger partial charge in [-0.05, 0) is 33.8 Å². The van der Waals surface area contributed by atoms with E-state index in [-0.39, 0.29) is 5.75 Å². The third-order valence-electron chi connectivity index (χ3n) is 2.43. The molecule has 86 valence electrons. The van der Waals surface area contributed by atoms with Gasteiger partial charge < -0.3 is 0 Å². The van der Waals surface area contributed by atoms with Gasteiger partial charge in [-0.15, -0.1) is 0 Å². The molecule has 0 radical (unpaired) electrons. The molecule has 1 rings (SSSR count). The maximum absolute atomic E-state index is 11.8. The van der Waals surface area contributed by atoms with Gasteiger partial charge in [-0.1, -0.05) is 0 Å². The van der Waals surface area contributed by atoms with Crippen LogP contribution in [0.1, 0.15) is 26.5 Å². The molecule has 1 aromatic heterocycles. The molecule has 0 atom stereocenters. The fourth-order valence-corrected chi connectivity index (χ4v) is 2.17. The van der Waals surface area contributed by atoms with Crippen LogP contribution < -0.4 is 0 Å². The summed E-state index contributed by atoms with van der Waals surface area (Å²) in [4.78, 5) is 0. The summed E-state index contributed by atoms with van der Waals surface area (Å²) in [6.07, 6.45) is 1.68. The van der Waals surface area contributed by atoms with Crippen LogP contribution in [0.15, 0.2) is 12.3 Å². The summed E-state index contributed by atoms with van der Waals surface area (Å²) >= 11 is 0. The van der Waals surface area contributed by atoms with Crippen molar-refractivity contribution in [3.8, 4) is 0 Å². The average molecular weight is 230 g/mol. The van der Waals surface area contributed by atoms with Crippen molar-refractivity contribution in [2.75, 3.05) is 5.75 Å². The molecular weight excluding hydrogens is 212 g/mol. The SMILES string of the molecule is Cc1ccnn1CCS(=O)(=O)C(C)(C)C. The molecule has 0 aliphatic heterocycles. The first-order valence-corrected chi connectivity index (χ1v) is 6.60. The van der Waals surface area contributed by atoms with E-state index < -0.39 is 14.6 Å². The number of aryl methyl sites for hydroxylation is 2. The van der Waals surface area contributed by atoms with Gasteiger partial charge >= 0.3 is 0 Å². The molecule has 0 fully saturated rings. The third kappa shape index (κ3) is 2.81. The molecule has 0 aromatic carbocycles. The van der Waals surface area contributed by atoms with Crippen LogP contribution in [0.5, 0.6) is 0 Å². The van der Waals surface area contributed by atoms with Crippen LogP contribution in [0.2, 0.25) is 0 Å². The predicted molar refractivity (Wildman–Crippen MR) is 60.5 cm³/mol. The van der Waals surface area contributed by atoms with Crippen molar-refractivity contribution < 1.29 is 8.42 Å². The molecule has 0 bridgehead atoms. The van der Waals surface area contributed by atoms with Gasteiger partial charge in [0, 0.05) is 11.9 Å². The lowest BCUT2D eigenvalue weighted by molar-refractivity contribution is 0.546. The monoisotopic (exact) mass is 230 g/mol. The molecule has 0 aliphatic rings. The molecule has 1 heterocycles. The van der Waals surface area contributed by atoms with Crippen molar-refractivity contribution in [3.63, 3.8) is 0 Å². The first kappa shape index (κ1) is 12.2. The zero-order chi connectivity index (χ0) is 11.7. The Kier molecular flexibility index (Phi) is 3.23. The molecule has 5 heteroatoms. The number of nitrogens with zero attached hydrogens (tertiary/aromatic N) is 2. The Morgan fingerprint density at radius 2 is 2.00 bits per heavy atom. The van der Waals surface area contributed by atoms with Crippen LogP contribution in [-0.2, 0) is 16.4 Å². The van der Waals surface area contributed by atoms with Crippen molar-refractivity contribution >= 4 is 9.84 Å². The quantitative estimate of drug-likeness (QED) is 0.788. The second kappa shape index (κ2) is 3.96. The number of sulfone groups is 1. The highest BCUT2D eigenvalue weighted by molar-refractivity contribution is 7.92. The van der Waals surface area contributed by atoms with E-state index in [0.29, 0.717) is 6.54 Å². The standard InChI is InChI=1S/C10H18N2O2S/c1-9-5-6-11-12(9)7-8-15(13,14)10(2,3)4/h5-6H,7-8H2,1-4H3. The molecule has 0 amide bonds. The maximum Gasteiger partial charge on any atom is 0.157 e. The third-order valence-corrected chi connectivity index (χ3v) is 5.02. The van der Waals surface area contributed by atoms with Crippen molar-refractivity contribution in [2.24, 2.45) is 0 Å². The topological polar surface area (TPSA) is 52.0 Å². The molecule has 0 saturated carbocycles. The zero-order valence-electron chi connectivity index (χ0n) is 9.69. The van der Waals surface area contributed by atoms with E-state index in [2.05, 4.69) is 5.10 Å². The predicted octanol–water partition coefficient (Wildman–Crippen LogP) is 1.40. The Morgan fingerprint density at radius 3 is 2.40 bits per heavy atom. The molecule has 0 N–H and O–H groups in total. The highest BCUT2D eigenvalue weighted by Crippen LogP contribution is 2.16. The average Bonchev–Trinajstić information content (AvgIpc) is 2.46. The van der Waals surface area contributed by atoms with Gasteiger partial charge in [0.05, 0.1) is 17.0 Å². The van der Waals surface area contributed by atoms with Gasteiger partial charge in [0.25, 0.3) is 0 Å². The first-order valence-electron chi connectivity index (χ1n) is 4.95. The van der Waals surface area contributed by atoms with E-state index in [0.717, 1.165) is 5.69 Å². The first-order chi connectivity index (χ1) is 6.74. The molecule has 15 heavy (non-hydrogen) atoms. The summed E-state index contributed by atoms with van der Waals surface area (Å²) in [5.74, 6) is 0.138. The molecule has 0 spiro atoms. The van der Waals surface area contributed by atoms with Crippen LogP contribution in [0.25, 0.3) is 0 Å². The van der Waals surface area contributed by atoms with E-state index in [1.807, 2.05) is 13.0 Å². The van der Waals surface area contributed by atoms with Gasteiger partial charge in [0.1, 0.15) is 0 Å². The number of hydrogen-bond acceptors (Lipinski definition) is 3. The van der Waals surface area contributed by atoms with E-state index >= 15 is 0 Å². The van der Waals surface area contributed by atoms with Gasteiger partial charge in [0.2, 0.25) is 0 Å². The summed E-state index contributed by atoms with van der Waals surface area (Å²) in [7, 11) is -3.05. The van der Waals surface area contributed by atoms with Gasteiger partial charge in [-0.2, -0.15) is 5.10 Å². The van der Waals surface area contributed by atoms with Gasteiger partial charge in [-0.25, -0.2) is 8.42 Å². The Morgan fingerprint density at radius 1 is 1.40 bits per heavy atom. The fraction of sp³-hybridized carbons (Fsp3) is 0.700.